The van der Waals surface area contributed by atoms with Crippen LogP contribution in [-0.4, -0.2) is 42.0 Å². The molecule has 0 aliphatic carbocycles. The maximum atomic E-state index is 12.2. The Kier molecular flexibility index (Phi) is 4.64. The minimum Gasteiger partial charge on any atom is -0.481 e. The topological polar surface area (TPSA) is 113 Å². The van der Waals surface area contributed by atoms with Crippen molar-refractivity contribution in [2.75, 3.05) is 13.1 Å². The molecule has 0 radical (unpaired) electrons. The monoisotopic (exact) mass is 317 g/mol. The lowest BCUT2D eigenvalue weighted by atomic mass is 9.99. The number of rotatable bonds is 5. The van der Waals surface area contributed by atoms with Crippen molar-refractivity contribution < 1.29 is 22.8 Å². The van der Waals surface area contributed by atoms with Gasteiger partial charge < -0.3 is 9.63 Å². The Hall–Kier alpha value is -1.45. The van der Waals surface area contributed by atoms with Crippen molar-refractivity contribution in [3.8, 4) is 0 Å². The zero-order valence-electron chi connectivity index (χ0n) is 12.0. The summed E-state index contributed by atoms with van der Waals surface area (Å²) in [4.78, 5) is 10.9. The number of carboxylic acids is 1. The third-order valence-corrected chi connectivity index (χ3v) is 5.31. The molecule has 1 fully saturated rings. The molecular weight excluding hydrogens is 298 g/mol. The van der Waals surface area contributed by atoms with Gasteiger partial charge in [0.2, 0.25) is 0 Å². The van der Waals surface area contributed by atoms with Crippen molar-refractivity contribution in [1.29, 1.82) is 0 Å². The lowest BCUT2D eigenvalue weighted by Gasteiger charge is -2.29. The van der Waals surface area contributed by atoms with E-state index >= 15 is 0 Å². The van der Waals surface area contributed by atoms with E-state index in [2.05, 4.69) is 9.88 Å². The smallest absolute Gasteiger partial charge is 0.306 e. The highest BCUT2D eigenvalue weighted by Crippen LogP contribution is 2.19. The van der Waals surface area contributed by atoms with Gasteiger partial charge in [0.25, 0.3) is 10.2 Å². The van der Waals surface area contributed by atoms with Crippen molar-refractivity contribution in [3.63, 3.8) is 0 Å². The molecule has 2 heterocycles. The standard InChI is InChI=1S/C12H19N3O5S/c1-8-11(9(2)20-14-8)7-13-21(18,19)15-5-3-10(4-6-15)12(16)17/h10,13H,3-7H2,1-2H3,(H,16,17). The zero-order chi connectivity index (χ0) is 15.6. The maximum Gasteiger partial charge on any atom is 0.306 e. The average molecular weight is 317 g/mol. The van der Waals surface area contributed by atoms with Gasteiger partial charge in [-0.2, -0.15) is 17.4 Å². The summed E-state index contributed by atoms with van der Waals surface area (Å²) >= 11 is 0. The van der Waals surface area contributed by atoms with Crippen LogP contribution in [0.3, 0.4) is 0 Å². The fourth-order valence-electron chi connectivity index (χ4n) is 2.35. The predicted molar refractivity (Wildman–Crippen MR) is 73.7 cm³/mol. The van der Waals surface area contributed by atoms with Crippen LogP contribution in [0.5, 0.6) is 0 Å². The van der Waals surface area contributed by atoms with Crippen LogP contribution >= 0.6 is 0 Å². The maximum absolute atomic E-state index is 12.2. The highest BCUT2D eigenvalue weighted by atomic mass is 32.2. The van der Waals surface area contributed by atoms with E-state index < -0.39 is 22.1 Å². The highest BCUT2D eigenvalue weighted by Gasteiger charge is 2.31. The highest BCUT2D eigenvalue weighted by molar-refractivity contribution is 7.87. The van der Waals surface area contributed by atoms with Gasteiger partial charge in [0, 0.05) is 25.2 Å². The first-order valence-electron chi connectivity index (χ1n) is 6.70. The normalized spacial score (nSPS) is 18.0. The van der Waals surface area contributed by atoms with Crippen LogP contribution in [0.25, 0.3) is 0 Å². The molecule has 118 valence electrons. The molecule has 0 unspecified atom stereocenters. The van der Waals surface area contributed by atoms with Gasteiger partial charge in [-0.15, -0.1) is 0 Å². The summed E-state index contributed by atoms with van der Waals surface area (Å²) in [5.41, 5.74) is 1.37. The van der Waals surface area contributed by atoms with E-state index in [1.165, 1.54) is 4.31 Å². The number of carbonyl (C=O) groups is 1. The molecule has 1 aliphatic rings. The third kappa shape index (κ3) is 3.60. The van der Waals surface area contributed by atoms with Gasteiger partial charge in [-0.25, -0.2) is 0 Å². The van der Waals surface area contributed by atoms with Gasteiger partial charge in [0.05, 0.1) is 11.6 Å². The lowest BCUT2D eigenvalue weighted by Crippen LogP contribution is -2.45. The van der Waals surface area contributed by atoms with Crippen LogP contribution < -0.4 is 4.72 Å². The Morgan fingerprint density at radius 1 is 1.43 bits per heavy atom. The predicted octanol–water partition coefficient (Wildman–Crippen LogP) is 0.422. The number of nitrogens with zero attached hydrogens (tertiary/aromatic N) is 2. The number of hydrogen-bond acceptors (Lipinski definition) is 5. The summed E-state index contributed by atoms with van der Waals surface area (Å²) in [5.74, 6) is -0.741. The van der Waals surface area contributed by atoms with Gasteiger partial charge in [-0.1, -0.05) is 5.16 Å². The second-order valence-corrected chi connectivity index (χ2v) is 6.90. The Bertz CT molecular complexity index is 597. The summed E-state index contributed by atoms with van der Waals surface area (Å²) in [6.45, 7) is 4.02. The molecule has 9 heteroatoms. The number of aryl methyl sites for hydroxylation is 2. The van der Waals surface area contributed by atoms with Crippen LogP contribution in [-0.2, 0) is 21.5 Å². The van der Waals surface area contributed by atoms with Crippen molar-refractivity contribution in [3.05, 3.63) is 17.0 Å². The molecule has 1 saturated heterocycles. The fourth-order valence-corrected chi connectivity index (χ4v) is 3.55. The Balaban J connectivity index is 1.95. The SMILES string of the molecule is Cc1noc(C)c1CNS(=O)(=O)N1CCC(C(=O)O)CC1. The fraction of sp³-hybridized carbons (Fsp3) is 0.667. The number of nitrogens with one attached hydrogen (secondary N) is 1. The molecule has 0 amide bonds. The number of hydrogen-bond donors (Lipinski definition) is 2. The molecule has 0 atom stereocenters. The first kappa shape index (κ1) is 15.9. The first-order valence-corrected chi connectivity index (χ1v) is 8.14. The van der Waals surface area contributed by atoms with E-state index in [-0.39, 0.29) is 19.6 Å². The molecule has 1 aliphatic heterocycles. The number of aliphatic carboxylic acids is 1. The summed E-state index contributed by atoms with van der Waals surface area (Å²) in [5, 5.41) is 12.7. The van der Waals surface area contributed by atoms with Crippen LogP contribution in [0.4, 0.5) is 0 Å². The molecule has 21 heavy (non-hydrogen) atoms. The summed E-state index contributed by atoms with van der Waals surface area (Å²) in [6, 6.07) is 0. The van der Waals surface area contributed by atoms with Crippen LogP contribution in [0, 0.1) is 19.8 Å². The van der Waals surface area contributed by atoms with Gasteiger partial charge in [-0.3, -0.25) is 4.79 Å². The summed E-state index contributed by atoms with van der Waals surface area (Å²) < 4.78 is 33.2. The van der Waals surface area contributed by atoms with Gasteiger partial charge >= 0.3 is 5.97 Å². The summed E-state index contributed by atoms with van der Waals surface area (Å²) in [7, 11) is -3.62. The van der Waals surface area contributed by atoms with Crippen molar-refractivity contribution in [1.82, 2.24) is 14.2 Å². The second kappa shape index (κ2) is 6.12. The van der Waals surface area contributed by atoms with Gasteiger partial charge in [0.15, 0.2) is 0 Å². The number of carboxylic acid groups (broad SMARTS) is 1. The zero-order valence-corrected chi connectivity index (χ0v) is 12.8. The van der Waals surface area contributed by atoms with Crippen LogP contribution in [0.1, 0.15) is 29.9 Å². The molecule has 0 saturated carbocycles. The lowest BCUT2D eigenvalue weighted by molar-refractivity contribution is -0.142. The van der Waals surface area contributed by atoms with E-state index in [0.29, 0.717) is 24.3 Å². The quantitative estimate of drug-likeness (QED) is 0.814. The minimum absolute atomic E-state index is 0.113. The van der Waals surface area contributed by atoms with Gasteiger partial charge in [-0.05, 0) is 26.7 Å². The third-order valence-electron chi connectivity index (χ3n) is 3.76. The van der Waals surface area contributed by atoms with E-state index in [1.807, 2.05) is 0 Å². The molecule has 2 N–H and O–H groups in total. The van der Waals surface area contributed by atoms with E-state index in [0.717, 1.165) is 5.56 Å². The van der Waals surface area contributed by atoms with E-state index in [4.69, 9.17) is 9.63 Å². The van der Waals surface area contributed by atoms with E-state index in [9.17, 15) is 13.2 Å². The van der Waals surface area contributed by atoms with E-state index in [1.54, 1.807) is 13.8 Å². The molecule has 0 bridgehead atoms. The molecule has 0 aromatic carbocycles. The minimum atomic E-state index is -3.62. The molecule has 2 rings (SSSR count). The number of aromatic nitrogens is 1. The molecule has 0 spiro atoms. The van der Waals surface area contributed by atoms with Crippen molar-refractivity contribution in [2.24, 2.45) is 5.92 Å². The second-order valence-electron chi connectivity index (χ2n) is 5.14. The van der Waals surface area contributed by atoms with Gasteiger partial charge in [0.1, 0.15) is 5.76 Å². The largest absolute Gasteiger partial charge is 0.481 e. The van der Waals surface area contributed by atoms with Crippen molar-refractivity contribution in [2.45, 2.75) is 33.2 Å². The Labute approximate surface area is 123 Å². The molecule has 1 aromatic heterocycles. The van der Waals surface area contributed by atoms with Crippen LogP contribution in [0.15, 0.2) is 4.52 Å². The molecule has 1 aromatic rings. The molecular formula is C12H19N3O5S. The van der Waals surface area contributed by atoms with Crippen LogP contribution in [0.2, 0.25) is 0 Å². The Morgan fingerprint density at radius 2 is 2.05 bits per heavy atom. The molecule has 8 nitrogen and oxygen atoms in total. The number of piperidine rings is 1. The average Bonchev–Trinajstić information content (AvgIpc) is 2.76. The first-order chi connectivity index (χ1) is 9.81. The van der Waals surface area contributed by atoms with Crippen molar-refractivity contribution >= 4 is 16.2 Å². The summed E-state index contributed by atoms with van der Waals surface area (Å²) in [6.07, 6.45) is 0.670. The Morgan fingerprint density at radius 3 is 2.52 bits per heavy atom.